The average molecular weight is 420 g/mol. The van der Waals surface area contributed by atoms with Gasteiger partial charge in [0.05, 0.1) is 18.9 Å². The van der Waals surface area contributed by atoms with Gasteiger partial charge < -0.3 is 14.7 Å². The van der Waals surface area contributed by atoms with Gasteiger partial charge in [0.1, 0.15) is 12.4 Å². The minimum atomic E-state index is -0.217. The van der Waals surface area contributed by atoms with Crippen LogP contribution in [0.3, 0.4) is 0 Å². The molecule has 1 N–H and O–H groups in total. The van der Waals surface area contributed by atoms with Crippen molar-refractivity contribution in [2.24, 2.45) is 5.10 Å². The Hall–Kier alpha value is -3.12. The highest BCUT2D eigenvalue weighted by Gasteiger charge is 2.43. The molecule has 0 aromatic heterocycles. The minimum Gasteiger partial charge on any atom is -0.507 e. The number of benzene rings is 2. The van der Waals surface area contributed by atoms with Crippen molar-refractivity contribution in [2.45, 2.75) is 32.7 Å². The standard InChI is InChI=1S/C25H29N3O3/c1-4-27-15-21(28-24(25(27)30)22(29)16-31-12-11-26-28)23(19-9-5-7-17(2)13-19)20-10-6-8-18(3)14-20/h5-11,13-14,21,23,29H,4,12,15-16H2,1-3H3/b24-22?,26-11-/t21-/m0/s1. The molecule has 2 heterocycles. The number of piperazine rings is 1. The van der Waals surface area contributed by atoms with Gasteiger partial charge in [-0.1, -0.05) is 59.7 Å². The highest BCUT2D eigenvalue weighted by Crippen LogP contribution is 2.37. The molecule has 0 saturated carbocycles. The van der Waals surface area contributed by atoms with E-state index in [0.717, 1.165) is 11.1 Å². The molecule has 4 rings (SSSR count). The normalized spacial score (nSPS) is 20.5. The number of amides is 1. The van der Waals surface area contributed by atoms with Gasteiger partial charge in [0.2, 0.25) is 0 Å². The van der Waals surface area contributed by atoms with E-state index in [2.05, 4.69) is 67.5 Å². The number of rotatable bonds is 4. The maximum absolute atomic E-state index is 13.2. The summed E-state index contributed by atoms with van der Waals surface area (Å²) in [6, 6.07) is 16.8. The lowest BCUT2D eigenvalue weighted by Gasteiger charge is -2.44. The van der Waals surface area contributed by atoms with Crippen LogP contribution in [-0.4, -0.2) is 59.5 Å². The third-order valence-corrected chi connectivity index (χ3v) is 5.92. The fraction of sp³-hybridized carbons (Fsp3) is 0.360. The molecule has 0 bridgehead atoms. The summed E-state index contributed by atoms with van der Waals surface area (Å²) in [6.45, 7) is 7.47. The number of hydrazone groups is 1. The third-order valence-electron chi connectivity index (χ3n) is 5.92. The summed E-state index contributed by atoms with van der Waals surface area (Å²) in [5.74, 6) is -0.328. The van der Waals surface area contributed by atoms with Crippen molar-refractivity contribution >= 4 is 12.1 Å². The second kappa shape index (κ2) is 8.94. The molecule has 162 valence electrons. The largest absolute Gasteiger partial charge is 0.507 e. The first-order valence-corrected chi connectivity index (χ1v) is 10.7. The number of aryl methyl sites for hydroxylation is 2. The monoisotopic (exact) mass is 419 g/mol. The van der Waals surface area contributed by atoms with E-state index in [9.17, 15) is 9.90 Å². The molecule has 2 aromatic rings. The number of aliphatic hydroxyl groups is 1. The smallest absolute Gasteiger partial charge is 0.275 e. The van der Waals surface area contributed by atoms with E-state index in [4.69, 9.17) is 4.74 Å². The first kappa shape index (κ1) is 21.1. The molecule has 2 aromatic carbocycles. The summed E-state index contributed by atoms with van der Waals surface area (Å²) >= 11 is 0. The Morgan fingerprint density at radius 3 is 2.35 bits per heavy atom. The van der Waals surface area contributed by atoms with Crippen LogP contribution in [0, 0.1) is 13.8 Å². The summed E-state index contributed by atoms with van der Waals surface area (Å²) < 4.78 is 5.39. The lowest BCUT2D eigenvalue weighted by molar-refractivity contribution is -0.134. The van der Waals surface area contributed by atoms with Crippen molar-refractivity contribution in [2.75, 3.05) is 26.3 Å². The van der Waals surface area contributed by atoms with Crippen molar-refractivity contribution in [1.29, 1.82) is 0 Å². The summed E-state index contributed by atoms with van der Waals surface area (Å²) in [4.78, 5) is 14.9. The van der Waals surface area contributed by atoms with Gasteiger partial charge in [-0.05, 0) is 31.9 Å². The Labute approximate surface area is 183 Å². The van der Waals surface area contributed by atoms with E-state index in [1.54, 1.807) is 16.1 Å². The molecule has 31 heavy (non-hydrogen) atoms. The Bertz CT molecular complexity index is 985. The van der Waals surface area contributed by atoms with Gasteiger partial charge in [-0.15, -0.1) is 0 Å². The first-order valence-electron chi connectivity index (χ1n) is 10.7. The number of fused-ring (bicyclic) bond motifs is 1. The number of nitrogens with zero attached hydrogens (tertiary/aromatic N) is 3. The van der Waals surface area contributed by atoms with Crippen molar-refractivity contribution in [3.63, 3.8) is 0 Å². The maximum Gasteiger partial charge on any atom is 0.275 e. The van der Waals surface area contributed by atoms with Gasteiger partial charge in [-0.3, -0.25) is 9.80 Å². The van der Waals surface area contributed by atoms with Crippen LogP contribution >= 0.6 is 0 Å². The predicted octanol–water partition coefficient (Wildman–Crippen LogP) is 3.75. The molecular weight excluding hydrogens is 390 g/mol. The number of likely N-dealkylation sites (N-methyl/N-ethyl adjacent to an activating group) is 1. The lowest BCUT2D eigenvalue weighted by atomic mass is 9.82. The second-order valence-electron chi connectivity index (χ2n) is 8.17. The Balaban J connectivity index is 1.90. The number of hydrogen-bond acceptors (Lipinski definition) is 5. The number of aliphatic hydroxyl groups excluding tert-OH is 1. The third kappa shape index (κ3) is 4.21. The number of carbonyl (C=O) groups is 1. The number of carbonyl (C=O) groups excluding carboxylic acids is 1. The molecule has 2 aliphatic rings. The van der Waals surface area contributed by atoms with Crippen LogP contribution in [0.2, 0.25) is 0 Å². The molecule has 1 atom stereocenters. The van der Waals surface area contributed by atoms with Crippen LogP contribution in [0.1, 0.15) is 35.1 Å². The van der Waals surface area contributed by atoms with Crippen LogP contribution < -0.4 is 0 Å². The van der Waals surface area contributed by atoms with E-state index < -0.39 is 0 Å². The van der Waals surface area contributed by atoms with Crippen LogP contribution in [0.15, 0.2) is 65.1 Å². The molecule has 1 fully saturated rings. The Kier molecular flexibility index (Phi) is 6.09. The van der Waals surface area contributed by atoms with Crippen molar-refractivity contribution in [3.05, 3.63) is 82.2 Å². The highest BCUT2D eigenvalue weighted by atomic mass is 16.5. The van der Waals surface area contributed by atoms with Crippen LogP contribution in [0.25, 0.3) is 0 Å². The topological polar surface area (TPSA) is 65.4 Å². The van der Waals surface area contributed by atoms with Gasteiger partial charge in [0.15, 0.2) is 5.70 Å². The van der Waals surface area contributed by atoms with Crippen molar-refractivity contribution in [3.8, 4) is 0 Å². The predicted molar refractivity (Wildman–Crippen MR) is 121 cm³/mol. The van der Waals surface area contributed by atoms with E-state index in [-0.39, 0.29) is 42.5 Å². The fourth-order valence-electron chi connectivity index (χ4n) is 4.48. The second-order valence-corrected chi connectivity index (χ2v) is 8.17. The van der Waals surface area contributed by atoms with E-state index in [0.29, 0.717) is 13.1 Å². The van der Waals surface area contributed by atoms with E-state index >= 15 is 0 Å². The Morgan fingerprint density at radius 2 is 1.77 bits per heavy atom. The molecule has 1 amide bonds. The number of hydrogen-bond donors (Lipinski definition) is 1. The van der Waals surface area contributed by atoms with Gasteiger partial charge in [0.25, 0.3) is 5.91 Å². The summed E-state index contributed by atoms with van der Waals surface area (Å²) in [5, 5.41) is 17.0. The van der Waals surface area contributed by atoms with Gasteiger partial charge in [-0.25, -0.2) is 0 Å². The molecule has 6 heteroatoms. The summed E-state index contributed by atoms with van der Waals surface area (Å²) in [7, 11) is 0. The van der Waals surface area contributed by atoms with Crippen molar-refractivity contribution in [1.82, 2.24) is 9.91 Å². The SMILES string of the molecule is CCN1C[C@@H](C(c2cccc(C)c2)c2cccc(C)c2)N2/N=C\COCC(O)=C2C1=O. The zero-order valence-electron chi connectivity index (χ0n) is 18.3. The first-order chi connectivity index (χ1) is 15.0. The fourth-order valence-corrected chi connectivity index (χ4v) is 4.48. The lowest BCUT2D eigenvalue weighted by Crippen LogP contribution is -2.55. The van der Waals surface area contributed by atoms with Crippen molar-refractivity contribution < 1.29 is 14.6 Å². The number of ether oxygens (including phenoxy) is 1. The summed E-state index contributed by atoms with van der Waals surface area (Å²) in [5.41, 5.74) is 4.89. The van der Waals surface area contributed by atoms with Crippen LogP contribution in [0.5, 0.6) is 0 Å². The maximum atomic E-state index is 13.2. The van der Waals surface area contributed by atoms with Crippen LogP contribution in [-0.2, 0) is 9.53 Å². The molecule has 2 aliphatic heterocycles. The molecular formula is C25H29N3O3. The summed E-state index contributed by atoms with van der Waals surface area (Å²) in [6.07, 6.45) is 1.66. The Morgan fingerprint density at radius 1 is 1.13 bits per heavy atom. The molecule has 0 spiro atoms. The highest BCUT2D eigenvalue weighted by molar-refractivity contribution is 5.94. The van der Waals surface area contributed by atoms with Gasteiger partial charge >= 0.3 is 0 Å². The van der Waals surface area contributed by atoms with Gasteiger partial charge in [0, 0.05) is 19.0 Å². The van der Waals surface area contributed by atoms with E-state index in [1.165, 1.54) is 11.1 Å². The minimum absolute atomic E-state index is 0.00652. The molecule has 0 radical (unpaired) electrons. The molecule has 0 unspecified atom stereocenters. The van der Waals surface area contributed by atoms with Crippen LogP contribution in [0.4, 0.5) is 0 Å². The van der Waals surface area contributed by atoms with Gasteiger partial charge in [-0.2, -0.15) is 5.10 Å². The molecule has 1 saturated heterocycles. The quantitative estimate of drug-likeness (QED) is 0.820. The molecule has 6 nitrogen and oxygen atoms in total. The zero-order chi connectivity index (χ0) is 22.0. The zero-order valence-corrected chi connectivity index (χ0v) is 18.3. The average Bonchev–Trinajstić information content (AvgIpc) is 2.73. The molecule has 0 aliphatic carbocycles. The van der Waals surface area contributed by atoms with E-state index in [1.807, 2.05) is 6.92 Å².